The Balaban J connectivity index is 1.80. The second kappa shape index (κ2) is 8.99. The molecule has 0 spiro atoms. The zero-order chi connectivity index (χ0) is 21.1. The number of rotatable bonds is 6. The molecule has 0 saturated heterocycles. The number of amides is 1. The summed E-state index contributed by atoms with van der Waals surface area (Å²) in [4.78, 5) is 26.4. The summed E-state index contributed by atoms with van der Waals surface area (Å²) in [5.74, 6) is 0.390. The first kappa shape index (κ1) is 21.4. The van der Waals surface area contributed by atoms with Crippen molar-refractivity contribution >= 4 is 28.2 Å². The Bertz CT molecular complexity index is 931. The van der Waals surface area contributed by atoms with E-state index in [0.717, 1.165) is 47.3 Å². The van der Waals surface area contributed by atoms with Gasteiger partial charge in [-0.15, -0.1) is 11.3 Å². The van der Waals surface area contributed by atoms with Gasteiger partial charge in [-0.3, -0.25) is 4.79 Å². The fourth-order valence-corrected chi connectivity index (χ4v) is 5.22. The number of benzene rings is 1. The number of fused-ring (bicyclic) bond motifs is 1. The number of hydrogen-bond acceptors (Lipinski definition) is 5. The molecule has 1 aromatic carbocycles. The first-order chi connectivity index (χ1) is 13.8. The fraction of sp³-hybridized carbons (Fsp3) is 0.478. The maximum absolute atomic E-state index is 12.6. The van der Waals surface area contributed by atoms with Gasteiger partial charge in [0, 0.05) is 4.88 Å². The van der Waals surface area contributed by atoms with Gasteiger partial charge in [0.15, 0.2) is 6.61 Å². The maximum atomic E-state index is 12.6. The Morgan fingerprint density at radius 1 is 1.21 bits per heavy atom. The second-order valence-corrected chi connectivity index (χ2v) is 8.75. The van der Waals surface area contributed by atoms with Crippen molar-refractivity contribution in [1.82, 2.24) is 0 Å². The molecule has 0 fully saturated rings. The third-order valence-electron chi connectivity index (χ3n) is 5.51. The minimum atomic E-state index is -0.361. The van der Waals surface area contributed by atoms with Crippen LogP contribution in [-0.4, -0.2) is 25.1 Å². The van der Waals surface area contributed by atoms with Gasteiger partial charge in [-0.2, -0.15) is 0 Å². The Morgan fingerprint density at radius 3 is 2.66 bits per heavy atom. The number of anilines is 1. The molecule has 1 amide bonds. The number of nitrogens with one attached hydrogen (secondary N) is 1. The number of hydrogen-bond donors (Lipinski definition) is 1. The van der Waals surface area contributed by atoms with Gasteiger partial charge < -0.3 is 14.8 Å². The highest BCUT2D eigenvalue weighted by Gasteiger charge is 2.30. The molecule has 1 unspecified atom stereocenters. The number of thiophene rings is 1. The number of esters is 1. The number of carbonyl (C=O) groups is 2. The van der Waals surface area contributed by atoms with Gasteiger partial charge in [-0.05, 0) is 75.1 Å². The van der Waals surface area contributed by atoms with Gasteiger partial charge in [0.05, 0.1) is 12.2 Å². The van der Waals surface area contributed by atoms with Crippen LogP contribution in [0.4, 0.5) is 5.00 Å². The van der Waals surface area contributed by atoms with Crippen LogP contribution in [0.25, 0.3) is 0 Å². The molecule has 0 saturated carbocycles. The van der Waals surface area contributed by atoms with E-state index in [9.17, 15) is 9.59 Å². The number of carbonyl (C=O) groups excluding carboxylic acids is 2. The van der Waals surface area contributed by atoms with Crippen molar-refractivity contribution in [2.45, 2.75) is 59.8 Å². The molecule has 1 heterocycles. The Labute approximate surface area is 176 Å². The first-order valence-corrected chi connectivity index (χ1v) is 11.0. The van der Waals surface area contributed by atoms with Crippen molar-refractivity contribution in [2.24, 2.45) is 0 Å². The molecule has 3 rings (SSSR count). The first-order valence-electron chi connectivity index (χ1n) is 10.2. The van der Waals surface area contributed by atoms with Gasteiger partial charge in [0.1, 0.15) is 10.8 Å². The predicted molar refractivity (Wildman–Crippen MR) is 116 cm³/mol. The molecule has 156 valence electrons. The molecule has 1 N–H and O–H groups in total. The Kier molecular flexibility index (Phi) is 6.63. The highest BCUT2D eigenvalue weighted by atomic mass is 32.1. The monoisotopic (exact) mass is 415 g/mol. The lowest BCUT2D eigenvalue weighted by Crippen LogP contribution is -2.22. The summed E-state index contributed by atoms with van der Waals surface area (Å²) in [6, 6.07) is 4.03. The summed E-state index contributed by atoms with van der Waals surface area (Å²) in [6.07, 6.45) is 3.07. The molecule has 0 radical (unpaired) electrons. The second-order valence-electron chi connectivity index (χ2n) is 7.65. The zero-order valence-corrected chi connectivity index (χ0v) is 18.6. The quantitative estimate of drug-likeness (QED) is 0.650. The van der Waals surface area contributed by atoms with Crippen LogP contribution in [0.2, 0.25) is 0 Å². The van der Waals surface area contributed by atoms with E-state index >= 15 is 0 Å². The SMILES string of the molecule is CCOC(=O)c1c(NC(=O)COc2c(C)ccc(C)c2C)sc2c1C(C)CCC2. The minimum absolute atomic E-state index is 0.106. The summed E-state index contributed by atoms with van der Waals surface area (Å²) in [5.41, 5.74) is 4.71. The molecule has 29 heavy (non-hydrogen) atoms. The van der Waals surface area contributed by atoms with Crippen LogP contribution in [0.3, 0.4) is 0 Å². The lowest BCUT2D eigenvalue weighted by molar-refractivity contribution is -0.118. The topological polar surface area (TPSA) is 64.6 Å². The molecule has 1 aromatic heterocycles. The molecule has 1 atom stereocenters. The van der Waals surface area contributed by atoms with E-state index in [1.807, 2.05) is 32.9 Å². The van der Waals surface area contributed by atoms with Crippen molar-refractivity contribution in [3.63, 3.8) is 0 Å². The van der Waals surface area contributed by atoms with Gasteiger partial charge in [0.2, 0.25) is 0 Å². The zero-order valence-electron chi connectivity index (χ0n) is 17.8. The largest absolute Gasteiger partial charge is 0.483 e. The molecular weight excluding hydrogens is 386 g/mol. The van der Waals surface area contributed by atoms with E-state index in [0.29, 0.717) is 17.2 Å². The average molecular weight is 416 g/mol. The van der Waals surface area contributed by atoms with Crippen LogP contribution in [0.15, 0.2) is 12.1 Å². The molecule has 0 bridgehead atoms. The van der Waals surface area contributed by atoms with E-state index in [-0.39, 0.29) is 24.4 Å². The van der Waals surface area contributed by atoms with Crippen LogP contribution >= 0.6 is 11.3 Å². The summed E-state index contributed by atoms with van der Waals surface area (Å²) in [5, 5.41) is 3.48. The van der Waals surface area contributed by atoms with Crippen molar-refractivity contribution in [1.29, 1.82) is 0 Å². The lowest BCUT2D eigenvalue weighted by Gasteiger charge is -2.19. The van der Waals surface area contributed by atoms with E-state index in [2.05, 4.69) is 12.2 Å². The maximum Gasteiger partial charge on any atom is 0.341 e. The van der Waals surface area contributed by atoms with Crippen molar-refractivity contribution in [2.75, 3.05) is 18.5 Å². The van der Waals surface area contributed by atoms with E-state index < -0.39 is 0 Å². The van der Waals surface area contributed by atoms with Crippen LogP contribution in [0, 0.1) is 20.8 Å². The van der Waals surface area contributed by atoms with Crippen molar-refractivity contribution < 1.29 is 19.1 Å². The highest BCUT2D eigenvalue weighted by molar-refractivity contribution is 7.17. The third-order valence-corrected chi connectivity index (χ3v) is 6.69. The third kappa shape index (κ3) is 4.47. The smallest absolute Gasteiger partial charge is 0.341 e. The number of ether oxygens (including phenoxy) is 2. The van der Waals surface area contributed by atoms with Crippen LogP contribution in [-0.2, 0) is 16.0 Å². The van der Waals surface area contributed by atoms with Crippen molar-refractivity contribution in [3.05, 3.63) is 44.8 Å². The molecule has 1 aliphatic carbocycles. The summed E-state index contributed by atoms with van der Waals surface area (Å²) in [6.45, 7) is 10.1. The fourth-order valence-electron chi connectivity index (χ4n) is 3.85. The van der Waals surface area contributed by atoms with Gasteiger partial charge in [-0.1, -0.05) is 19.1 Å². The van der Waals surface area contributed by atoms with Crippen molar-refractivity contribution in [3.8, 4) is 5.75 Å². The lowest BCUT2D eigenvalue weighted by atomic mass is 9.86. The predicted octanol–water partition coefficient (Wildman–Crippen LogP) is 5.31. The van der Waals surface area contributed by atoms with Gasteiger partial charge in [0.25, 0.3) is 5.91 Å². The van der Waals surface area contributed by atoms with E-state index in [1.54, 1.807) is 6.92 Å². The van der Waals surface area contributed by atoms with Crippen LogP contribution in [0.5, 0.6) is 5.75 Å². The Morgan fingerprint density at radius 2 is 1.93 bits per heavy atom. The molecular formula is C23H29NO4S. The van der Waals surface area contributed by atoms with Gasteiger partial charge in [-0.25, -0.2) is 4.79 Å². The normalized spacial score (nSPS) is 15.6. The van der Waals surface area contributed by atoms with E-state index in [1.165, 1.54) is 16.2 Å². The molecule has 1 aliphatic rings. The molecule has 0 aliphatic heterocycles. The van der Waals surface area contributed by atoms with E-state index in [4.69, 9.17) is 9.47 Å². The standard InChI is InChI=1S/C23H29NO4S/c1-6-27-23(26)20-19-14(3)8-7-9-17(19)29-22(20)24-18(25)12-28-21-15(4)11-10-13(2)16(21)5/h10-11,14H,6-9,12H2,1-5H3,(H,24,25). The number of aryl methyl sites for hydroxylation is 3. The molecule has 2 aromatic rings. The summed E-state index contributed by atoms with van der Waals surface area (Å²) < 4.78 is 11.1. The van der Waals surface area contributed by atoms with Crippen LogP contribution < -0.4 is 10.1 Å². The summed E-state index contributed by atoms with van der Waals surface area (Å²) >= 11 is 1.49. The van der Waals surface area contributed by atoms with Crippen LogP contribution in [0.1, 0.15) is 70.1 Å². The summed E-state index contributed by atoms with van der Waals surface area (Å²) in [7, 11) is 0. The minimum Gasteiger partial charge on any atom is -0.483 e. The molecule has 5 nitrogen and oxygen atoms in total. The molecule has 6 heteroatoms. The highest BCUT2D eigenvalue weighted by Crippen LogP contribution is 2.43. The van der Waals surface area contributed by atoms with Gasteiger partial charge >= 0.3 is 5.97 Å². The average Bonchev–Trinajstić information content (AvgIpc) is 3.04. The Hall–Kier alpha value is -2.34.